The standard InChI is InChI=1S/C28H38ClN5O/c1-6-19-14-18(3)32-28(35)25(19)17-31-27-24-15-20(29)16-26(23(24)12-13-30-27)34(7-2)22-10-8-21(9-11-22)33(4)5/h12-16,21-22H,6-11,17H2,1-5H3,(H,30,31)(H,32,35). The third-order valence-corrected chi connectivity index (χ3v) is 7.71. The molecule has 4 rings (SSSR count). The summed E-state index contributed by atoms with van der Waals surface area (Å²) in [7, 11) is 4.37. The van der Waals surface area contributed by atoms with E-state index in [-0.39, 0.29) is 5.56 Å². The molecule has 7 heteroatoms. The third-order valence-electron chi connectivity index (χ3n) is 7.49. The van der Waals surface area contributed by atoms with Crippen molar-refractivity contribution < 1.29 is 0 Å². The normalized spacial score (nSPS) is 18.3. The highest BCUT2D eigenvalue weighted by Gasteiger charge is 2.27. The van der Waals surface area contributed by atoms with Gasteiger partial charge < -0.3 is 20.1 Å². The Kier molecular flexibility index (Phi) is 8.02. The number of anilines is 2. The largest absolute Gasteiger partial charge is 0.368 e. The van der Waals surface area contributed by atoms with Gasteiger partial charge in [-0.1, -0.05) is 18.5 Å². The van der Waals surface area contributed by atoms with Crippen LogP contribution in [-0.4, -0.2) is 47.6 Å². The van der Waals surface area contributed by atoms with Gasteiger partial charge in [-0.3, -0.25) is 4.79 Å². The molecular weight excluding hydrogens is 458 g/mol. The molecule has 0 radical (unpaired) electrons. The molecule has 1 aliphatic rings. The Balaban J connectivity index is 1.66. The van der Waals surface area contributed by atoms with Crippen molar-refractivity contribution in [3.63, 3.8) is 0 Å². The quantitative estimate of drug-likeness (QED) is 0.416. The first-order chi connectivity index (χ1) is 16.8. The lowest BCUT2D eigenvalue weighted by molar-refractivity contribution is 0.214. The molecule has 3 aromatic rings. The molecule has 0 spiro atoms. The molecule has 0 aliphatic heterocycles. The van der Waals surface area contributed by atoms with Crippen LogP contribution in [0.5, 0.6) is 0 Å². The van der Waals surface area contributed by atoms with Gasteiger partial charge in [-0.25, -0.2) is 4.98 Å². The second-order valence-corrected chi connectivity index (χ2v) is 10.3. The van der Waals surface area contributed by atoms with Gasteiger partial charge in [0.15, 0.2) is 0 Å². The molecule has 1 saturated carbocycles. The Morgan fingerprint density at radius 2 is 1.80 bits per heavy atom. The van der Waals surface area contributed by atoms with Gasteiger partial charge in [0.25, 0.3) is 5.56 Å². The maximum Gasteiger partial charge on any atom is 0.253 e. The van der Waals surface area contributed by atoms with Crippen molar-refractivity contribution in [3.8, 4) is 0 Å². The highest BCUT2D eigenvalue weighted by Crippen LogP contribution is 2.37. The highest BCUT2D eigenvalue weighted by atomic mass is 35.5. The number of aromatic amines is 1. The Labute approximate surface area is 213 Å². The highest BCUT2D eigenvalue weighted by molar-refractivity contribution is 6.32. The number of aryl methyl sites for hydroxylation is 2. The first-order valence-corrected chi connectivity index (χ1v) is 13.2. The monoisotopic (exact) mass is 495 g/mol. The molecule has 2 aromatic heterocycles. The topological polar surface area (TPSA) is 64.3 Å². The number of aromatic nitrogens is 2. The second-order valence-electron chi connectivity index (χ2n) is 9.88. The van der Waals surface area contributed by atoms with Crippen molar-refractivity contribution in [2.24, 2.45) is 0 Å². The average molecular weight is 496 g/mol. The fraction of sp³-hybridized carbons (Fsp3) is 0.500. The number of hydrogen-bond acceptors (Lipinski definition) is 5. The molecule has 2 N–H and O–H groups in total. The van der Waals surface area contributed by atoms with Gasteiger partial charge in [-0.2, -0.15) is 0 Å². The Morgan fingerprint density at radius 1 is 1.09 bits per heavy atom. The minimum atomic E-state index is -0.0428. The number of nitrogens with one attached hydrogen (secondary N) is 2. The van der Waals surface area contributed by atoms with Crippen molar-refractivity contribution in [1.29, 1.82) is 0 Å². The van der Waals surface area contributed by atoms with E-state index in [1.807, 2.05) is 25.3 Å². The zero-order chi connectivity index (χ0) is 25.1. The van der Waals surface area contributed by atoms with Gasteiger partial charge in [-0.05, 0) is 89.9 Å². The number of rotatable bonds is 8. The van der Waals surface area contributed by atoms with Crippen LogP contribution >= 0.6 is 11.6 Å². The van der Waals surface area contributed by atoms with Crippen molar-refractivity contribution in [1.82, 2.24) is 14.9 Å². The smallest absolute Gasteiger partial charge is 0.253 e. The fourth-order valence-electron chi connectivity index (χ4n) is 5.59. The lowest BCUT2D eigenvalue weighted by Crippen LogP contribution is -2.42. The predicted octanol–water partition coefficient (Wildman–Crippen LogP) is 5.76. The number of H-pyrrole nitrogens is 1. The van der Waals surface area contributed by atoms with Crippen molar-refractivity contribution >= 4 is 33.9 Å². The van der Waals surface area contributed by atoms with E-state index in [4.69, 9.17) is 11.6 Å². The summed E-state index contributed by atoms with van der Waals surface area (Å²) < 4.78 is 0. The summed E-state index contributed by atoms with van der Waals surface area (Å²) in [6, 6.07) is 9.37. The molecule has 0 saturated heterocycles. The Hall–Kier alpha value is -2.57. The SMILES string of the molecule is CCc1cc(C)[nH]c(=O)c1CNc1nccc2c(N(CC)C3CCC(N(C)C)CC3)cc(Cl)cc12. The fourth-order valence-corrected chi connectivity index (χ4v) is 5.80. The summed E-state index contributed by atoms with van der Waals surface area (Å²) in [5.74, 6) is 0.751. The number of halogens is 1. The third kappa shape index (κ3) is 5.49. The van der Waals surface area contributed by atoms with Crippen LogP contribution in [0.25, 0.3) is 10.8 Å². The van der Waals surface area contributed by atoms with Crippen LogP contribution in [0.4, 0.5) is 11.5 Å². The summed E-state index contributed by atoms with van der Waals surface area (Å²) in [5, 5.41) is 6.25. The molecule has 6 nitrogen and oxygen atoms in total. The van der Waals surface area contributed by atoms with E-state index in [9.17, 15) is 4.79 Å². The van der Waals surface area contributed by atoms with Crippen LogP contribution < -0.4 is 15.8 Å². The molecule has 1 aliphatic carbocycles. The van der Waals surface area contributed by atoms with E-state index in [2.05, 4.69) is 65.2 Å². The molecule has 0 unspecified atom stereocenters. The van der Waals surface area contributed by atoms with Gasteiger partial charge in [0.2, 0.25) is 0 Å². The zero-order valence-electron chi connectivity index (χ0n) is 21.6. The second kappa shape index (κ2) is 11.0. The first-order valence-electron chi connectivity index (χ1n) is 12.8. The lowest BCUT2D eigenvalue weighted by atomic mass is 9.89. The van der Waals surface area contributed by atoms with E-state index in [1.54, 1.807) is 0 Å². The number of fused-ring (bicyclic) bond motifs is 1. The van der Waals surface area contributed by atoms with E-state index >= 15 is 0 Å². The Bertz CT molecular complexity index is 1230. The number of pyridine rings is 2. The van der Waals surface area contributed by atoms with Crippen LogP contribution in [0.2, 0.25) is 5.02 Å². The maximum atomic E-state index is 12.6. The van der Waals surface area contributed by atoms with Crippen LogP contribution in [0.1, 0.15) is 56.4 Å². The number of benzene rings is 1. The molecule has 0 bridgehead atoms. The van der Waals surface area contributed by atoms with Crippen molar-refractivity contribution in [3.05, 3.63) is 62.7 Å². The molecule has 35 heavy (non-hydrogen) atoms. The van der Waals surface area contributed by atoms with Crippen molar-refractivity contribution in [2.75, 3.05) is 30.9 Å². The minimum absolute atomic E-state index is 0.0428. The van der Waals surface area contributed by atoms with E-state index < -0.39 is 0 Å². The number of hydrogen-bond donors (Lipinski definition) is 2. The van der Waals surface area contributed by atoms with Crippen LogP contribution in [0.3, 0.4) is 0 Å². The van der Waals surface area contributed by atoms with Gasteiger partial charge in [0.1, 0.15) is 5.82 Å². The molecule has 0 atom stereocenters. The summed E-state index contributed by atoms with van der Waals surface area (Å²) in [6.07, 6.45) is 7.44. The predicted molar refractivity (Wildman–Crippen MR) is 148 cm³/mol. The summed E-state index contributed by atoms with van der Waals surface area (Å²) in [6.45, 7) is 7.56. The summed E-state index contributed by atoms with van der Waals surface area (Å²) >= 11 is 6.66. The van der Waals surface area contributed by atoms with Crippen molar-refractivity contribution in [2.45, 2.75) is 71.5 Å². The van der Waals surface area contributed by atoms with Gasteiger partial charge in [-0.15, -0.1) is 0 Å². The van der Waals surface area contributed by atoms with Gasteiger partial charge in [0, 0.05) is 64.1 Å². The summed E-state index contributed by atoms with van der Waals surface area (Å²) in [5.41, 5.74) is 3.82. The number of nitrogens with zero attached hydrogens (tertiary/aromatic N) is 3. The minimum Gasteiger partial charge on any atom is -0.368 e. The zero-order valence-corrected chi connectivity index (χ0v) is 22.4. The molecule has 188 valence electrons. The molecular formula is C28H38ClN5O. The molecule has 2 heterocycles. The van der Waals surface area contributed by atoms with Gasteiger partial charge in [0.05, 0.1) is 0 Å². The first kappa shape index (κ1) is 25.5. The Morgan fingerprint density at radius 3 is 2.46 bits per heavy atom. The van der Waals surface area contributed by atoms with Crippen LogP contribution in [0.15, 0.2) is 35.3 Å². The summed E-state index contributed by atoms with van der Waals surface area (Å²) in [4.78, 5) is 25.1. The lowest BCUT2D eigenvalue weighted by Gasteiger charge is -2.40. The van der Waals surface area contributed by atoms with Crippen LogP contribution in [-0.2, 0) is 13.0 Å². The van der Waals surface area contributed by atoms with E-state index in [0.29, 0.717) is 23.7 Å². The van der Waals surface area contributed by atoms with Crippen LogP contribution in [0, 0.1) is 6.92 Å². The van der Waals surface area contributed by atoms with E-state index in [0.717, 1.165) is 52.1 Å². The molecule has 1 aromatic carbocycles. The maximum absolute atomic E-state index is 12.6. The average Bonchev–Trinajstić information content (AvgIpc) is 2.84. The van der Waals surface area contributed by atoms with Gasteiger partial charge >= 0.3 is 0 Å². The molecule has 0 amide bonds. The molecule has 1 fully saturated rings. The van der Waals surface area contributed by atoms with E-state index in [1.165, 1.54) is 25.7 Å².